The van der Waals surface area contributed by atoms with Crippen molar-refractivity contribution >= 4 is 33.2 Å². The van der Waals surface area contributed by atoms with Crippen LogP contribution in [0.4, 0.5) is 5.69 Å². The Morgan fingerprint density at radius 1 is 1.12 bits per heavy atom. The molecule has 10 heteroatoms. The molecule has 182 valence electrons. The summed E-state index contributed by atoms with van der Waals surface area (Å²) >= 11 is 6.16. The Morgan fingerprint density at radius 3 is 2.36 bits per heavy atom. The van der Waals surface area contributed by atoms with Gasteiger partial charge in [-0.3, -0.25) is 14.4 Å². The smallest absolute Gasteiger partial charge is 0.262 e. The number of sulfonamides is 1. The molecule has 0 unspecified atom stereocenters. The molecule has 0 radical (unpaired) electrons. The van der Waals surface area contributed by atoms with Crippen LogP contribution in [0.2, 0.25) is 5.02 Å². The number of ether oxygens (including phenoxy) is 2. The van der Waals surface area contributed by atoms with Gasteiger partial charge in [-0.05, 0) is 51.1 Å². The Balaban J connectivity index is 2.26. The maximum Gasteiger partial charge on any atom is 0.262 e. The molecule has 8 nitrogen and oxygen atoms in total. The van der Waals surface area contributed by atoms with E-state index in [1.165, 1.54) is 32.4 Å². The van der Waals surface area contributed by atoms with Gasteiger partial charge in [0.25, 0.3) is 15.9 Å². The van der Waals surface area contributed by atoms with Crippen LogP contribution in [0, 0.1) is 6.92 Å². The van der Waals surface area contributed by atoms with Gasteiger partial charge < -0.3 is 14.8 Å². The van der Waals surface area contributed by atoms with Crippen LogP contribution >= 0.6 is 11.6 Å². The average molecular weight is 498 g/mol. The van der Waals surface area contributed by atoms with Gasteiger partial charge in [-0.2, -0.15) is 0 Å². The van der Waals surface area contributed by atoms with E-state index in [1.54, 1.807) is 19.1 Å². The molecule has 0 heterocycles. The molecule has 0 spiro atoms. The Morgan fingerprint density at radius 2 is 1.79 bits per heavy atom. The van der Waals surface area contributed by atoms with E-state index in [9.17, 15) is 13.2 Å². The van der Waals surface area contributed by atoms with E-state index in [4.69, 9.17) is 21.1 Å². The van der Waals surface area contributed by atoms with Gasteiger partial charge in [-0.25, -0.2) is 8.42 Å². The number of benzene rings is 2. The van der Waals surface area contributed by atoms with Crippen molar-refractivity contribution in [2.24, 2.45) is 0 Å². The fourth-order valence-corrected chi connectivity index (χ4v) is 4.94. The number of methoxy groups -OCH3 is 2. The quantitative estimate of drug-likeness (QED) is 0.488. The highest BCUT2D eigenvalue weighted by Crippen LogP contribution is 2.37. The largest absolute Gasteiger partial charge is 0.495 e. The Kier molecular flexibility index (Phi) is 9.39. The lowest BCUT2D eigenvalue weighted by Crippen LogP contribution is -2.38. The van der Waals surface area contributed by atoms with Crippen LogP contribution in [-0.4, -0.2) is 59.1 Å². The summed E-state index contributed by atoms with van der Waals surface area (Å²) in [5.74, 6) is 0.263. The van der Waals surface area contributed by atoms with Crippen LogP contribution < -0.4 is 19.5 Å². The molecule has 0 fully saturated rings. The second-order valence-corrected chi connectivity index (χ2v) is 9.81. The third-order valence-corrected chi connectivity index (χ3v) is 7.08. The maximum absolute atomic E-state index is 13.2. The van der Waals surface area contributed by atoms with Gasteiger partial charge >= 0.3 is 0 Å². The first-order chi connectivity index (χ1) is 15.5. The number of nitrogens with zero attached hydrogens (tertiary/aromatic N) is 1. The van der Waals surface area contributed by atoms with E-state index in [1.807, 2.05) is 0 Å². The number of carbonyl (C=O) groups excluding carboxylic acids is 1. The van der Waals surface area contributed by atoms with Gasteiger partial charge in [0.2, 0.25) is 0 Å². The lowest BCUT2D eigenvalue weighted by Gasteiger charge is -2.24. The van der Waals surface area contributed by atoms with Gasteiger partial charge in [0, 0.05) is 30.8 Å². The average Bonchev–Trinajstić information content (AvgIpc) is 2.76. The SMILES string of the molecule is CCN(CCNC(=O)c1ccc(C)c(S(=O)(=O)Nc2cc(Cl)c(OC)cc2OC)c1)C(C)C. The van der Waals surface area contributed by atoms with Gasteiger partial charge in [-0.15, -0.1) is 0 Å². The molecule has 0 saturated carbocycles. The van der Waals surface area contributed by atoms with Crippen molar-refractivity contribution in [1.29, 1.82) is 0 Å². The van der Waals surface area contributed by atoms with Crippen molar-refractivity contribution in [1.82, 2.24) is 10.2 Å². The molecule has 0 aliphatic carbocycles. The number of likely N-dealkylation sites (N-methyl/N-ethyl adjacent to an activating group) is 1. The number of hydrogen-bond donors (Lipinski definition) is 2. The monoisotopic (exact) mass is 497 g/mol. The van der Waals surface area contributed by atoms with Crippen molar-refractivity contribution in [2.45, 2.75) is 38.6 Å². The van der Waals surface area contributed by atoms with E-state index >= 15 is 0 Å². The molecule has 2 N–H and O–H groups in total. The zero-order chi connectivity index (χ0) is 24.8. The van der Waals surface area contributed by atoms with Crippen molar-refractivity contribution in [3.63, 3.8) is 0 Å². The van der Waals surface area contributed by atoms with Gasteiger partial charge in [0.1, 0.15) is 11.5 Å². The predicted octanol–water partition coefficient (Wildman–Crippen LogP) is 3.93. The van der Waals surface area contributed by atoms with E-state index in [0.717, 1.165) is 6.54 Å². The topological polar surface area (TPSA) is 97.0 Å². The highest BCUT2D eigenvalue weighted by atomic mass is 35.5. The normalized spacial score (nSPS) is 11.5. The molecule has 0 atom stereocenters. The summed E-state index contributed by atoms with van der Waals surface area (Å²) in [5.41, 5.74) is 0.911. The first-order valence-corrected chi connectivity index (χ1v) is 12.5. The molecule has 1 amide bonds. The Hall–Kier alpha value is -2.49. The number of aryl methyl sites for hydroxylation is 1. The van der Waals surface area contributed by atoms with Crippen molar-refractivity contribution < 1.29 is 22.7 Å². The lowest BCUT2D eigenvalue weighted by molar-refractivity contribution is 0.0945. The van der Waals surface area contributed by atoms with Crippen molar-refractivity contribution in [3.8, 4) is 11.5 Å². The fourth-order valence-electron chi connectivity index (χ4n) is 3.37. The first kappa shape index (κ1) is 26.8. The summed E-state index contributed by atoms with van der Waals surface area (Å²) in [6.45, 7) is 9.97. The summed E-state index contributed by atoms with van der Waals surface area (Å²) in [4.78, 5) is 14.9. The van der Waals surface area contributed by atoms with E-state index in [-0.39, 0.29) is 32.8 Å². The summed E-state index contributed by atoms with van der Waals surface area (Å²) < 4.78 is 39.3. The maximum atomic E-state index is 13.2. The summed E-state index contributed by atoms with van der Waals surface area (Å²) in [7, 11) is -1.17. The Bertz CT molecular complexity index is 1090. The van der Waals surface area contributed by atoms with E-state index < -0.39 is 10.0 Å². The molecule has 33 heavy (non-hydrogen) atoms. The van der Waals surface area contributed by atoms with Crippen LogP contribution in [0.3, 0.4) is 0 Å². The van der Waals surface area contributed by atoms with Crippen LogP contribution in [0.1, 0.15) is 36.7 Å². The lowest BCUT2D eigenvalue weighted by atomic mass is 10.1. The van der Waals surface area contributed by atoms with Crippen LogP contribution in [0.15, 0.2) is 35.2 Å². The second-order valence-electron chi connectivity index (χ2n) is 7.75. The van der Waals surface area contributed by atoms with Gasteiger partial charge in [-0.1, -0.05) is 24.6 Å². The second kappa shape index (κ2) is 11.6. The molecular formula is C23H32ClN3O5S. The molecule has 0 saturated heterocycles. The Labute approximate surface area is 201 Å². The molecule has 2 aromatic carbocycles. The molecule has 0 aliphatic rings. The summed E-state index contributed by atoms with van der Waals surface area (Å²) in [5, 5.41) is 3.08. The van der Waals surface area contributed by atoms with Crippen molar-refractivity contribution in [2.75, 3.05) is 38.6 Å². The van der Waals surface area contributed by atoms with Gasteiger partial charge in [0.05, 0.1) is 29.8 Å². The van der Waals surface area contributed by atoms with E-state index in [0.29, 0.717) is 30.4 Å². The van der Waals surface area contributed by atoms with Crippen LogP contribution in [-0.2, 0) is 10.0 Å². The van der Waals surface area contributed by atoms with E-state index in [2.05, 4.69) is 35.7 Å². The standard InChI is InChI=1S/C23H32ClN3O5S/c1-7-27(15(2)3)11-10-25-23(28)17-9-8-16(4)22(12-17)33(29,30)26-19-13-18(24)20(31-5)14-21(19)32-6/h8-9,12-15,26H,7,10-11H2,1-6H3,(H,25,28). The molecule has 0 aromatic heterocycles. The number of halogens is 1. The third kappa shape index (κ3) is 6.75. The molecular weight excluding hydrogens is 466 g/mol. The first-order valence-electron chi connectivity index (χ1n) is 10.6. The van der Waals surface area contributed by atoms with Crippen LogP contribution in [0.5, 0.6) is 11.5 Å². The zero-order valence-corrected chi connectivity index (χ0v) is 21.4. The molecule has 0 bridgehead atoms. The number of amides is 1. The molecule has 0 aliphatic heterocycles. The number of nitrogens with one attached hydrogen (secondary N) is 2. The number of anilines is 1. The van der Waals surface area contributed by atoms with Gasteiger partial charge in [0.15, 0.2) is 0 Å². The number of hydrogen-bond acceptors (Lipinski definition) is 6. The van der Waals surface area contributed by atoms with Crippen molar-refractivity contribution in [3.05, 3.63) is 46.5 Å². The summed E-state index contributed by atoms with van der Waals surface area (Å²) in [6.07, 6.45) is 0. The zero-order valence-electron chi connectivity index (χ0n) is 19.9. The minimum absolute atomic E-state index is 0.0125. The predicted molar refractivity (Wildman–Crippen MR) is 131 cm³/mol. The minimum Gasteiger partial charge on any atom is -0.495 e. The number of carbonyl (C=O) groups is 1. The molecule has 2 rings (SSSR count). The third-order valence-electron chi connectivity index (χ3n) is 5.28. The molecule has 2 aromatic rings. The van der Waals surface area contributed by atoms with Crippen LogP contribution in [0.25, 0.3) is 0 Å². The summed E-state index contributed by atoms with van der Waals surface area (Å²) in [6, 6.07) is 7.86. The highest BCUT2D eigenvalue weighted by molar-refractivity contribution is 7.92. The highest BCUT2D eigenvalue weighted by Gasteiger charge is 2.22. The minimum atomic E-state index is -4.04. The fraction of sp³-hybridized carbons (Fsp3) is 0.435. The number of rotatable bonds is 11.